The molecule has 4 heteroatoms. The quantitative estimate of drug-likeness (QED) is 0.439. The summed E-state index contributed by atoms with van der Waals surface area (Å²) in [6.07, 6.45) is 1.98. The van der Waals surface area contributed by atoms with Crippen LogP contribution >= 0.6 is 0 Å². The molecule has 1 aromatic heterocycles. The summed E-state index contributed by atoms with van der Waals surface area (Å²) in [5.74, 6) is -0.0811. The van der Waals surface area contributed by atoms with Crippen LogP contribution < -0.4 is 4.90 Å². The van der Waals surface area contributed by atoms with Crippen molar-refractivity contribution >= 4 is 17.3 Å². The van der Waals surface area contributed by atoms with Crippen molar-refractivity contribution in [1.29, 1.82) is 0 Å². The first-order valence-electron chi connectivity index (χ1n) is 10.0. The summed E-state index contributed by atoms with van der Waals surface area (Å²) in [6, 6.07) is 23.3. The lowest BCUT2D eigenvalue weighted by molar-refractivity contribution is -0.117. The third-order valence-electron chi connectivity index (χ3n) is 5.73. The van der Waals surface area contributed by atoms with Crippen molar-refractivity contribution in [3.8, 4) is 11.3 Å². The van der Waals surface area contributed by atoms with E-state index in [-0.39, 0.29) is 11.6 Å². The lowest BCUT2D eigenvalue weighted by Crippen LogP contribution is -2.29. The van der Waals surface area contributed by atoms with Crippen molar-refractivity contribution in [1.82, 2.24) is 4.98 Å². The summed E-state index contributed by atoms with van der Waals surface area (Å²) in [5.41, 5.74) is 4.46. The first-order valence-corrected chi connectivity index (χ1v) is 10.0. The number of pyridine rings is 1. The Morgan fingerprint density at radius 2 is 1.67 bits per heavy atom. The molecular weight excluding hydrogens is 372 g/mol. The smallest absolute Gasteiger partial charge is 0.205 e. The fourth-order valence-electron chi connectivity index (χ4n) is 4.35. The standard InChI is InChI=1S/C26H24N2O2/c1-18(29)17-26(2)20-12-7-8-15-23(20)28(3)25(26)16-24(30)22-14-9-13-21(27-22)19-10-5-4-6-11-19/h4-16H,17H2,1-3H3. The summed E-state index contributed by atoms with van der Waals surface area (Å²) in [4.78, 5) is 31.9. The lowest BCUT2D eigenvalue weighted by Gasteiger charge is -2.27. The van der Waals surface area contributed by atoms with Gasteiger partial charge in [-0.05, 0) is 37.6 Å². The van der Waals surface area contributed by atoms with Gasteiger partial charge in [-0.2, -0.15) is 0 Å². The normalized spacial score (nSPS) is 19.0. The van der Waals surface area contributed by atoms with E-state index in [0.717, 1.165) is 28.2 Å². The molecule has 0 spiro atoms. The first kappa shape index (κ1) is 19.8. The van der Waals surface area contributed by atoms with Crippen LogP contribution in [0, 0.1) is 0 Å². The monoisotopic (exact) mass is 396 g/mol. The maximum atomic E-state index is 13.2. The zero-order chi connectivity index (χ0) is 21.3. The molecule has 4 nitrogen and oxygen atoms in total. The van der Waals surface area contributed by atoms with Gasteiger partial charge in [0.25, 0.3) is 0 Å². The van der Waals surface area contributed by atoms with Crippen LogP contribution in [-0.2, 0) is 10.2 Å². The largest absolute Gasteiger partial charge is 0.347 e. The van der Waals surface area contributed by atoms with Gasteiger partial charge in [0.05, 0.1) is 5.69 Å². The van der Waals surface area contributed by atoms with Gasteiger partial charge in [0.15, 0.2) is 0 Å². The number of allylic oxidation sites excluding steroid dienone is 2. The van der Waals surface area contributed by atoms with Crippen molar-refractivity contribution < 1.29 is 9.59 Å². The van der Waals surface area contributed by atoms with Crippen LogP contribution in [0.5, 0.6) is 0 Å². The minimum absolute atomic E-state index is 0.0881. The second-order valence-corrected chi connectivity index (χ2v) is 7.95. The third kappa shape index (κ3) is 3.45. The molecule has 4 rings (SSSR count). The van der Waals surface area contributed by atoms with Crippen LogP contribution in [0.25, 0.3) is 11.3 Å². The molecule has 0 fully saturated rings. The molecule has 0 radical (unpaired) electrons. The topological polar surface area (TPSA) is 50.3 Å². The predicted molar refractivity (Wildman–Crippen MR) is 120 cm³/mol. The molecule has 150 valence electrons. The molecule has 2 heterocycles. The molecule has 0 saturated heterocycles. The molecular formula is C26H24N2O2. The van der Waals surface area contributed by atoms with Crippen molar-refractivity contribution in [2.24, 2.45) is 0 Å². The summed E-state index contributed by atoms with van der Waals surface area (Å²) in [5, 5.41) is 0. The van der Waals surface area contributed by atoms with Crippen LogP contribution in [0.15, 0.2) is 84.6 Å². The Morgan fingerprint density at radius 1 is 0.967 bits per heavy atom. The molecule has 0 saturated carbocycles. The second kappa shape index (κ2) is 7.71. The van der Waals surface area contributed by atoms with Gasteiger partial charge in [0, 0.05) is 41.9 Å². The first-order chi connectivity index (χ1) is 14.4. The molecule has 1 unspecified atom stereocenters. The highest BCUT2D eigenvalue weighted by Crippen LogP contribution is 2.49. The molecule has 0 aliphatic carbocycles. The van der Waals surface area contributed by atoms with Crippen molar-refractivity contribution in [2.75, 3.05) is 11.9 Å². The number of hydrogen-bond donors (Lipinski definition) is 0. The number of benzene rings is 2. The Balaban J connectivity index is 1.75. The average Bonchev–Trinajstić information content (AvgIpc) is 2.96. The van der Waals surface area contributed by atoms with E-state index < -0.39 is 5.41 Å². The van der Waals surface area contributed by atoms with Crippen molar-refractivity contribution in [2.45, 2.75) is 25.7 Å². The van der Waals surface area contributed by atoms with Crippen molar-refractivity contribution in [3.63, 3.8) is 0 Å². The summed E-state index contributed by atoms with van der Waals surface area (Å²) >= 11 is 0. The maximum Gasteiger partial charge on any atom is 0.205 e. The Bertz CT molecular complexity index is 1150. The number of anilines is 1. The highest BCUT2D eigenvalue weighted by molar-refractivity contribution is 6.05. The molecule has 0 amide bonds. The summed E-state index contributed by atoms with van der Waals surface area (Å²) < 4.78 is 0. The zero-order valence-electron chi connectivity index (χ0n) is 17.4. The SMILES string of the molecule is CC(=O)CC1(C)C(=CC(=O)c2cccc(-c3ccccc3)n2)N(C)c2ccccc21. The minimum Gasteiger partial charge on any atom is -0.347 e. The molecule has 1 aliphatic rings. The van der Waals surface area contributed by atoms with Crippen LogP contribution in [0.4, 0.5) is 5.69 Å². The molecule has 30 heavy (non-hydrogen) atoms. The number of carbonyl (C=O) groups excluding carboxylic acids is 2. The molecule has 3 aromatic rings. The number of para-hydroxylation sites is 1. The minimum atomic E-state index is -0.552. The molecule has 2 aromatic carbocycles. The molecule has 0 bridgehead atoms. The Hall–Kier alpha value is -3.53. The van der Waals surface area contributed by atoms with E-state index in [0.29, 0.717) is 12.1 Å². The Kier molecular flexibility index (Phi) is 5.08. The number of ketones is 2. The number of nitrogens with zero attached hydrogens (tertiary/aromatic N) is 2. The van der Waals surface area contributed by atoms with Crippen LogP contribution in [0.3, 0.4) is 0 Å². The number of Topliss-reactive ketones (excluding diaryl/α,β-unsaturated/α-hetero) is 1. The molecule has 0 N–H and O–H groups in total. The number of aromatic nitrogens is 1. The molecule has 1 aliphatic heterocycles. The Labute approximate surface area is 176 Å². The van der Waals surface area contributed by atoms with Gasteiger partial charge in [-0.1, -0.05) is 54.6 Å². The number of likely N-dealkylation sites (N-methyl/N-ethyl adjacent to an activating group) is 1. The number of carbonyl (C=O) groups is 2. The maximum absolute atomic E-state index is 13.2. The number of rotatable bonds is 5. The van der Waals surface area contributed by atoms with Gasteiger partial charge in [-0.15, -0.1) is 0 Å². The van der Waals surface area contributed by atoms with E-state index in [1.807, 2.05) is 85.6 Å². The Morgan fingerprint density at radius 3 is 2.40 bits per heavy atom. The van der Waals surface area contributed by atoms with Crippen LogP contribution in [-0.4, -0.2) is 23.6 Å². The van der Waals surface area contributed by atoms with E-state index in [4.69, 9.17) is 0 Å². The van der Waals surface area contributed by atoms with E-state index in [2.05, 4.69) is 4.98 Å². The highest BCUT2D eigenvalue weighted by atomic mass is 16.1. The van der Waals surface area contributed by atoms with E-state index >= 15 is 0 Å². The fourth-order valence-corrected chi connectivity index (χ4v) is 4.35. The van der Waals surface area contributed by atoms with Crippen LogP contribution in [0.2, 0.25) is 0 Å². The van der Waals surface area contributed by atoms with Gasteiger partial charge >= 0.3 is 0 Å². The van der Waals surface area contributed by atoms with Crippen molar-refractivity contribution in [3.05, 3.63) is 95.8 Å². The zero-order valence-corrected chi connectivity index (χ0v) is 17.4. The molecule has 1 atom stereocenters. The fraction of sp³-hybridized carbons (Fsp3) is 0.192. The summed E-state index contributed by atoms with van der Waals surface area (Å²) in [6.45, 7) is 3.63. The predicted octanol–water partition coefficient (Wildman–Crippen LogP) is 5.20. The van der Waals surface area contributed by atoms with Gasteiger partial charge < -0.3 is 4.90 Å². The summed E-state index contributed by atoms with van der Waals surface area (Å²) in [7, 11) is 1.94. The van der Waals surface area contributed by atoms with Crippen LogP contribution in [0.1, 0.15) is 36.3 Å². The second-order valence-electron chi connectivity index (χ2n) is 7.95. The van der Waals surface area contributed by atoms with Gasteiger partial charge in [0.2, 0.25) is 5.78 Å². The highest BCUT2D eigenvalue weighted by Gasteiger charge is 2.43. The van der Waals surface area contributed by atoms with E-state index in [1.165, 1.54) is 0 Å². The van der Waals surface area contributed by atoms with Gasteiger partial charge in [-0.3, -0.25) is 9.59 Å². The number of hydrogen-bond acceptors (Lipinski definition) is 4. The lowest BCUT2D eigenvalue weighted by atomic mass is 9.77. The van der Waals surface area contributed by atoms with E-state index in [1.54, 1.807) is 19.1 Å². The van der Waals surface area contributed by atoms with Gasteiger partial charge in [0.1, 0.15) is 11.5 Å². The number of fused-ring (bicyclic) bond motifs is 1. The van der Waals surface area contributed by atoms with Gasteiger partial charge in [-0.25, -0.2) is 4.98 Å². The van der Waals surface area contributed by atoms with E-state index in [9.17, 15) is 9.59 Å². The third-order valence-corrected chi connectivity index (χ3v) is 5.73. The average molecular weight is 396 g/mol.